The summed E-state index contributed by atoms with van der Waals surface area (Å²) in [6.07, 6.45) is 3.09. The van der Waals surface area contributed by atoms with E-state index < -0.39 is 9.84 Å². The van der Waals surface area contributed by atoms with Crippen molar-refractivity contribution in [2.24, 2.45) is 0 Å². The summed E-state index contributed by atoms with van der Waals surface area (Å²) in [5.74, 6) is 0.886. The summed E-state index contributed by atoms with van der Waals surface area (Å²) in [5.41, 5.74) is 1.28. The molecule has 0 atom stereocenters. The quantitative estimate of drug-likeness (QED) is 0.841. The molecule has 0 aliphatic carbocycles. The first kappa shape index (κ1) is 18.9. The van der Waals surface area contributed by atoms with Crippen molar-refractivity contribution >= 4 is 38.2 Å². The number of hydrogen-bond donors (Lipinski definition) is 1. The first-order valence-electron chi connectivity index (χ1n) is 8.51. The number of rotatable bonds is 5. The molecular weight excluding hydrogens is 372 g/mol. The third kappa shape index (κ3) is 4.85. The molecule has 0 saturated carbocycles. The number of nitrogens with one attached hydrogen (secondary N) is 1. The van der Waals surface area contributed by atoms with Crippen LogP contribution in [0, 0.1) is 11.3 Å². The molecule has 0 radical (unpaired) electrons. The van der Waals surface area contributed by atoms with Crippen molar-refractivity contribution in [3.05, 3.63) is 34.9 Å². The molecule has 8 heteroatoms. The Balaban J connectivity index is 1.65. The van der Waals surface area contributed by atoms with Gasteiger partial charge in [0, 0.05) is 42.3 Å². The minimum Gasteiger partial charge on any atom is -0.367 e. The van der Waals surface area contributed by atoms with Crippen molar-refractivity contribution in [2.75, 3.05) is 37.0 Å². The molecule has 3 rings (SSSR count). The number of fused-ring (bicyclic) bond motifs is 1. The average molecular weight is 393 g/mol. The Morgan fingerprint density at radius 3 is 2.73 bits per heavy atom. The van der Waals surface area contributed by atoms with Crippen LogP contribution in [0.2, 0.25) is 5.02 Å². The number of piperidine rings is 1. The van der Waals surface area contributed by atoms with Crippen molar-refractivity contribution < 1.29 is 8.42 Å². The Morgan fingerprint density at radius 2 is 2.08 bits per heavy atom. The normalized spacial score (nSPS) is 16.5. The van der Waals surface area contributed by atoms with Gasteiger partial charge in [0.2, 0.25) is 0 Å². The number of anilines is 1. The number of sulfone groups is 1. The monoisotopic (exact) mass is 392 g/mol. The maximum absolute atomic E-state index is 11.3. The number of benzene rings is 1. The summed E-state index contributed by atoms with van der Waals surface area (Å²) in [5, 5.41) is 14.2. The largest absolute Gasteiger partial charge is 0.367 e. The molecule has 2 aromatic rings. The molecule has 2 heterocycles. The third-order valence-electron chi connectivity index (χ3n) is 4.61. The summed E-state index contributed by atoms with van der Waals surface area (Å²) >= 11 is 6.02. The molecule has 1 aliphatic rings. The number of nitrogens with zero attached hydrogens (tertiary/aromatic N) is 3. The van der Waals surface area contributed by atoms with Gasteiger partial charge in [0.05, 0.1) is 22.9 Å². The van der Waals surface area contributed by atoms with Gasteiger partial charge in [0.25, 0.3) is 0 Å². The minimum atomic E-state index is -2.92. The first-order chi connectivity index (χ1) is 12.3. The molecule has 0 amide bonds. The molecule has 1 saturated heterocycles. The average Bonchev–Trinajstić information content (AvgIpc) is 2.60. The number of hydrogen-bond acceptors (Lipinski definition) is 6. The Morgan fingerprint density at radius 1 is 1.35 bits per heavy atom. The van der Waals surface area contributed by atoms with E-state index in [1.165, 1.54) is 6.26 Å². The van der Waals surface area contributed by atoms with Crippen LogP contribution in [0.5, 0.6) is 0 Å². The molecule has 1 N–H and O–H groups in total. The fraction of sp³-hybridized carbons (Fsp3) is 0.444. The Hall–Kier alpha value is -1.88. The van der Waals surface area contributed by atoms with Crippen LogP contribution in [0.15, 0.2) is 24.3 Å². The minimum absolute atomic E-state index is 0.200. The second-order valence-electron chi connectivity index (χ2n) is 6.72. The van der Waals surface area contributed by atoms with Crippen molar-refractivity contribution in [3.8, 4) is 6.07 Å². The molecule has 1 aromatic carbocycles. The highest BCUT2D eigenvalue weighted by atomic mass is 35.5. The predicted octanol–water partition coefficient (Wildman–Crippen LogP) is 2.68. The van der Waals surface area contributed by atoms with Crippen molar-refractivity contribution in [1.82, 2.24) is 9.88 Å². The van der Waals surface area contributed by atoms with Crippen molar-refractivity contribution in [3.63, 3.8) is 0 Å². The number of halogens is 1. The molecule has 0 unspecified atom stereocenters. The van der Waals surface area contributed by atoms with Crippen LogP contribution in [0.1, 0.15) is 18.4 Å². The SMILES string of the molecule is CS(=O)(=O)CCN1CCC(Nc2cc(C#N)c3cc(Cl)ccc3n2)CC1. The van der Waals surface area contributed by atoms with E-state index in [1.807, 2.05) is 6.07 Å². The van der Waals surface area contributed by atoms with Crippen LogP contribution in [0.3, 0.4) is 0 Å². The smallest absolute Gasteiger partial charge is 0.148 e. The molecule has 6 nitrogen and oxygen atoms in total. The van der Waals surface area contributed by atoms with E-state index >= 15 is 0 Å². The first-order valence-corrected chi connectivity index (χ1v) is 10.9. The number of pyridine rings is 1. The van der Waals surface area contributed by atoms with E-state index in [-0.39, 0.29) is 11.8 Å². The second kappa shape index (κ2) is 7.78. The fourth-order valence-electron chi connectivity index (χ4n) is 3.17. The Bertz CT molecular complexity index is 948. The highest BCUT2D eigenvalue weighted by Crippen LogP contribution is 2.25. The Labute approximate surface area is 158 Å². The lowest BCUT2D eigenvalue weighted by molar-refractivity contribution is 0.230. The maximum atomic E-state index is 11.3. The summed E-state index contributed by atoms with van der Waals surface area (Å²) in [4.78, 5) is 6.77. The zero-order valence-electron chi connectivity index (χ0n) is 14.6. The topological polar surface area (TPSA) is 86.1 Å². The van der Waals surface area contributed by atoms with E-state index in [0.717, 1.165) is 36.8 Å². The molecule has 26 heavy (non-hydrogen) atoms. The van der Waals surface area contributed by atoms with Crippen molar-refractivity contribution in [1.29, 1.82) is 5.26 Å². The second-order valence-corrected chi connectivity index (χ2v) is 9.41. The van der Waals surface area contributed by atoms with Gasteiger partial charge in [-0.1, -0.05) is 11.6 Å². The van der Waals surface area contributed by atoms with Gasteiger partial charge in [0.1, 0.15) is 15.7 Å². The number of likely N-dealkylation sites (tertiary alicyclic amines) is 1. The molecule has 0 bridgehead atoms. The van der Waals surface area contributed by atoms with Gasteiger partial charge < -0.3 is 10.2 Å². The molecule has 138 valence electrons. The molecule has 1 aromatic heterocycles. The van der Waals surface area contributed by atoms with Gasteiger partial charge >= 0.3 is 0 Å². The standard InChI is InChI=1S/C18H21ClN4O2S/c1-26(24,25)9-8-23-6-4-15(5-7-23)21-18-10-13(12-20)16-11-14(19)2-3-17(16)22-18/h2-3,10-11,15H,4-9H2,1H3,(H,21,22). The highest BCUT2D eigenvalue weighted by molar-refractivity contribution is 7.90. The molecular formula is C18H21ClN4O2S. The van der Waals surface area contributed by atoms with Crippen LogP contribution in [-0.4, -0.2) is 56.0 Å². The van der Waals surface area contributed by atoms with Gasteiger partial charge in [-0.25, -0.2) is 13.4 Å². The van der Waals surface area contributed by atoms with Crippen LogP contribution < -0.4 is 5.32 Å². The lowest BCUT2D eigenvalue weighted by Gasteiger charge is -2.32. The summed E-state index contributed by atoms with van der Waals surface area (Å²) < 4.78 is 22.6. The van der Waals surface area contributed by atoms with Gasteiger partial charge in [-0.3, -0.25) is 0 Å². The molecule has 1 fully saturated rings. The summed E-state index contributed by atoms with van der Waals surface area (Å²) in [7, 11) is -2.92. The molecule has 1 aliphatic heterocycles. The Kier molecular flexibility index (Phi) is 5.66. The molecule has 0 spiro atoms. The summed E-state index contributed by atoms with van der Waals surface area (Å²) in [6, 6.07) is 9.56. The third-order valence-corrected chi connectivity index (χ3v) is 5.77. The van der Waals surface area contributed by atoms with E-state index in [2.05, 4.69) is 21.3 Å². The van der Waals surface area contributed by atoms with E-state index in [0.29, 0.717) is 22.9 Å². The number of nitriles is 1. The highest BCUT2D eigenvalue weighted by Gasteiger charge is 2.20. The zero-order chi connectivity index (χ0) is 18.7. The van der Waals surface area contributed by atoms with Gasteiger partial charge in [0.15, 0.2) is 0 Å². The van der Waals surface area contributed by atoms with E-state index in [4.69, 9.17) is 11.6 Å². The number of aromatic nitrogens is 1. The summed E-state index contributed by atoms with van der Waals surface area (Å²) in [6.45, 7) is 2.28. The predicted molar refractivity (Wildman–Crippen MR) is 104 cm³/mol. The van der Waals surface area contributed by atoms with Crippen LogP contribution in [0.25, 0.3) is 10.9 Å². The van der Waals surface area contributed by atoms with Gasteiger partial charge in [-0.05, 0) is 37.1 Å². The lowest BCUT2D eigenvalue weighted by Crippen LogP contribution is -2.41. The van der Waals surface area contributed by atoms with E-state index in [1.54, 1.807) is 18.2 Å². The van der Waals surface area contributed by atoms with Crippen molar-refractivity contribution in [2.45, 2.75) is 18.9 Å². The fourth-order valence-corrected chi connectivity index (χ4v) is 3.93. The van der Waals surface area contributed by atoms with E-state index in [9.17, 15) is 13.7 Å². The van der Waals surface area contributed by atoms with Crippen LogP contribution >= 0.6 is 11.6 Å². The van der Waals surface area contributed by atoms with Gasteiger partial charge in [-0.15, -0.1) is 0 Å². The van der Waals surface area contributed by atoms with Crippen LogP contribution in [-0.2, 0) is 9.84 Å². The maximum Gasteiger partial charge on any atom is 0.148 e. The lowest BCUT2D eigenvalue weighted by atomic mass is 10.0. The zero-order valence-corrected chi connectivity index (χ0v) is 16.1. The van der Waals surface area contributed by atoms with Gasteiger partial charge in [-0.2, -0.15) is 5.26 Å². The van der Waals surface area contributed by atoms with Crippen LogP contribution in [0.4, 0.5) is 5.82 Å².